The molecule has 0 fully saturated rings. The normalized spacial score (nSPS) is 12.3. The Morgan fingerprint density at radius 2 is 1.68 bits per heavy atom. The van der Waals surface area contributed by atoms with Gasteiger partial charge in [0, 0.05) is 4.70 Å². The van der Waals surface area contributed by atoms with Crippen LogP contribution in [-0.4, -0.2) is 35.4 Å². The number of anilines is 2. The molecule has 1 heterocycles. The first-order valence-electron chi connectivity index (χ1n) is 9.65. The molecule has 4 rings (SSSR count). The average molecular weight is 519 g/mol. The SMILES string of the molecule is COc1ccc(C(=O)O)cc1S(=O)(=O)N(c1ccccc1)N(c1cc2ccccc2s1)S(=O)O. The van der Waals surface area contributed by atoms with Gasteiger partial charge in [-0.2, -0.15) is 17.2 Å². The van der Waals surface area contributed by atoms with Crippen molar-refractivity contribution in [3.63, 3.8) is 0 Å². The van der Waals surface area contributed by atoms with Gasteiger partial charge in [-0.15, -0.1) is 11.3 Å². The molecule has 3 aromatic carbocycles. The summed E-state index contributed by atoms with van der Waals surface area (Å²) in [7, 11) is -3.41. The van der Waals surface area contributed by atoms with Crippen molar-refractivity contribution < 1.29 is 31.8 Å². The number of hydrogen-bond donors (Lipinski definition) is 2. The molecule has 2 N–H and O–H groups in total. The Balaban J connectivity index is 1.99. The van der Waals surface area contributed by atoms with Gasteiger partial charge in [-0.3, -0.25) is 4.55 Å². The summed E-state index contributed by atoms with van der Waals surface area (Å²) in [5.41, 5.74) is -0.226. The molecule has 4 aromatic rings. The van der Waals surface area contributed by atoms with Gasteiger partial charge in [-0.05, 0) is 47.9 Å². The van der Waals surface area contributed by atoms with Crippen molar-refractivity contribution in [2.45, 2.75) is 4.90 Å². The van der Waals surface area contributed by atoms with Gasteiger partial charge in [0.15, 0.2) is 0 Å². The molecule has 1 unspecified atom stereocenters. The number of rotatable bonds is 8. The summed E-state index contributed by atoms with van der Waals surface area (Å²) in [4.78, 5) is 11.1. The standard InChI is InChI=1S/C22H18N2O7S3/c1-31-18-12-11-16(22(25)26)13-20(18)34(29,30)24(17-8-3-2-4-9-17)23(33(27)28)21-14-15-7-5-6-10-19(15)32-21/h2-14H,1H3,(H,25,26)(H,27,28). The molecule has 0 radical (unpaired) electrons. The van der Waals surface area contributed by atoms with Gasteiger partial charge >= 0.3 is 5.97 Å². The Labute approximate surface area is 201 Å². The molecular weight excluding hydrogens is 500 g/mol. The van der Waals surface area contributed by atoms with Crippen molar-refractivity contribution in [2.75, 3.05) is 15.9 Å². The van der Waals surface area contributed by atoms with Gasteiger partial charge in [-0.25, -0.2) is 9.00 Å². The number of carbonyl (C=O) groups is 1. The second-order valence-electron chi connectivity index (χ2n) is 6.88. The number of benzene rings is 3. The largest absolute Gasteiger partial charge is 0.495 e. The van der Waals surface area contributed by atoms with Gasteiger partial charge in [0.05, 0.1) is 18.4 Å². The fourth-order valence-electron chi connectivity index (χ4n) is 3.29. The summed E-state index contributed by atoms with van der Waals surface area (Å²) in [6, 6.07) is 19.9. The van der Waals surface area contributed by atoms with Crippen LogP contribution in [0.2, 0.25) is 0 Å². The maximum Gasteiger partial charge on any atom is 0.335 e. The Bertz CT molecular complexity index is 1450. The number of carboxylic acids is 1. The highest BCUT2D eigenvalue weighted by Gasteiger charge is 2.37. The van der Waals surface area contributed by atoms with Gasteiger partial charge in [0.25, 0.3) is 21.3 Å². The smallest absolute Gasteiger partial charge is 0.335 e. The lowest BCUT2D eigenvalue weighted by atomic mass is 10.2. The Kier molecular flexibility index (Phi) is 6.57. The topological polar surface area (TPSA) is 124 Å². The molecule has 0 saturated heterocycles. The van der Waals surface area contributed by atoms with Crippen LogP contribution in [0.3, 0.4) is 0 Å². The predicted molar refractivity (Wildman–Crippen MR) is 131 cm³/mol. The highest BCUT2D eigenvalue weighted by Crippen LogP contribution is 2.39. The number of carboxylic acid groups (broad SMARTS) is 1. The van der Waals surface area contributed by atoms with E-state index in [0.717, 1.165) is 31.9 Å². The van der Waals surface area contributed by atoms with Crippen molar-refractivity contribution in [3.8, 4) is 5.75 Å². The van der Waals surface area contributed by atoms with E-state index in [1.54, 1.807) is 42.5 Å². The number of sulfonamides is 1. The van der Waals surface area contributed by atoms with E-state index in [4.69, 9.17) is 4.74 Å². The van der Waals surface area contributed by atoms with Crippen LogP contribution in [-0.2, 0) is 21.3 Å². The van der Waals surface area contributed by atoms with Crippen LogP contribution in [0.5, 0.6) is 5.75 Å². The van der Waals surface area contributed by atoms with E-state index in [2.05, 4.69) is 0 Å². The van der Waals surface area contributed by atoms with E-state index in [1.165, 1.54) is 31.4 Å². The summed E-state index contributed by atoms with van der Waals surface area (Å²) < 4.78 is 58.3. The lowest BCUT2D eigenvalue weighted by molar-refractivity contribution is 0.0696. The number of thiophene rings is 1. The molecular formula is C22H18N2O7S3. The van der Waals surface area contributed by atoms with E-state index in [9.17, 15) is 27.1 Å². The third-order valence-electron chi connectivity index (χ3n) is 4.81. The van der Waals surface area contributed by atoms with Crippen molar-refractivity contribution >= 4 is 59.4 Å². The lowest BCUT2D eigenvalue weighted by Gasteiger charge is -2.33. The molecule has 9 nitrogen and oxygen atoms in total. The van der Waals surface area contributed by atoms with Crippen molar-refractivity contribution in [2.24, 2.45) is 0 Å². The number of methoxy groups -OCH3 is 1. The summed E-state index contributed by atoms with van der Waals surface area (Å²) in [5, 5.41) is 10.3. The lowest BCUT2D eigenvalue weighted by Crippen LogP contribution is -2.47. The number of ether oxygens (including phenoxy) is 1. The van der Waals surface area contributed by atoms with E-state index in [0.29, 0.717) is 4.41 Å². The van der Waals surface area contributed by atoms with Gasteiger partial charge in [0.1, 0.15) is 15.6 Å². The predicted octanol–water partition coefficient (Wildman–Crippen LogP) is 4.36. The number of hydrogen-bond acceptors (Lipinski definition) is 6. The van der Waals surface area contributed by atoms with E-state index < -0.39 is 32.2 Å². The first-order chi connectivity index (χ1) is 16.2. The first-order valence-corrected chi connectivity index (χ1v) is 13.0. The molecule has 1 aromatic heterocycles. The fraction of sp³-hybridized carbons (Fsp3) is 0.0455. The fourth-order valence-corrected chi connectivity index (χ4v) is 7.02. The zero-order valence-electron chi connectivity index (χ0n) is 17.6. The minimum absolute atomic E-state index is 0.0603. The van der Waals surface area contributed by atoms with E-state index in [-0.39, 0.29) is 22.0 Å². The second-order valence-corrected chi connectivity index (χ2v) is 10.5. The number of nitrogens with zero attached hydrogens (tertiary/aromatic N) is 2. The molecule has 0 bridgehead atoms. The van der Waals surface area contributed by atoms with Crippen molar-refractivity contribution in [1.82, 2.24) is 0 Å². The van der Waals surface area contributed by atoms with Crippen molar-refractivity contribution in [3.05, 3.63) is 84.4 Å². The van der Waals surface area contributed by atoms with Crippen LogP contribution >= 0.6 is 11.3 Å². The van der Waals surface area contributed by atoms with Crippen LogP contribution in [0.1, 0.15) is 10.4 Å². The Morgan fingerprint density at radius 1 is 1.00 bits per heavy atom. The minimum Gasteiger partial charge on any atom is -0.495 e. The molecule has 12 heteroatoms. The maximum atomic E-state index is 14.0. The summed E-state index contributed by atoms with van der Waals surface area (Å²) >= 11 is -1.69. The van der Waals surface area contributed by atoms with Gasteiger partial charge in [0.2, 0.25) is 0 Å². The third kappa shape index (κ3) is 4.35. The van der Waals surface area contributed by atoms with Gasteiger partial charge < -0.3 is 9.84 Å². The second kappa shape index (κ2) is 9.43. The molecule has 1 atom stereocenters. The number of para-hydroxylation sites is 1. The summed E-state index contributed by atoms with van der Waals surface area (Å²) in [5.74, 6) is -1.46. The van der Waals surface area contributed by atoms with Crippen LogP contribution in [0.4, 0.5) is 10.7 Å². The van der Waals surface area contributed by atoms with Crippen LogP contribution < -0.4 is 13.6 Å². The monoisotopic (exact) mass is 518 g/mol. The molecule has 0 aliphatic rings. The molecule has 176 valence electrons. The highest BCUT2D eigenvalue weighted by atomic mass is 32.2. The van der Waals surface area contributed by atoms with Crippen LogP contribution in [0, 0.1) is 0 Å². The van der Waals surface area contributed by atoms with Crippen LogP contribution in [0.25, 0.3) is 10.1 Å². The number of fused-ring (bicyclic) bond motifs is 1. The zero-order valence-corrected chi connectivity index (χ0v) is 20.0. The van der Waals surface area contributed by atoms with Crippen LogP contribution in [0.15, 0.2) is 83.8 Å². The molecule has 34 heavy (non-hydrogen) atoms. The number of hydrazine groups is 1. The molecule has 0 aliphatic carbocycles. The highest BCUT2D eigenvalue weighted by molar-refractivity contribution is 7.94. The van der Waals surface area contributed by atoms with Gasteiger partial charge in [-0.1, -0.05) is 36.4 Å². The summed E-state index contributed by atoms with van der Waals surface area (Å²) in [6.45, 7) is 0. The van der Waals surface area contributed by atoms with Crippen molar-refractivity contribution in [1.29, 1.82) is 0 Å². The quantitative estimate of drug-likeness (QED) is 0.262. The molecule has 0 saturated carbocycles. The third-order valence-corrected chi connectivity index (χ3v) is 8.48. The van der Waals surface area contributed by atoms with E-state index in [1.807, 2.05) is 6.07 Å². The maximum absolute atomic E-state index is 14.0. The average Bonchev–Trinajstić information content (AvgIpc) is 3.25. The molecule has 0 amide bonds. The molecule has 0 aliphatic heterocycles. The zero-order chi connectivity index (χ0) is 24.5. The Morgan fingerprint density at radius 3 is 2.29 bits per heavy atom. The van der Waals surface area contributed by atoms with E-state index >= 15 is 0 Å². The summed E-state index contributed by atoms with van der Waals surface area (Å²) in [6.07, 6.45) is 0. The number of aromatic carboxylic acids is 1. The molecule has 0 spiro atoms. The first kappa shape index (κ1) is 23.7. The minimum atomic E-state index is -4.66. The Hall–Kier alpha value is -3.45.